The highest BCUT2D eigenvalue weighted by Crippen LogP contribution is 2.36. The molecule has 1 atom stereocenters. The van der Waals surface area contributed by atoms with E-state index in [4.69, 9.17) is 15.8 Å². The van der Waals surface area contributed by atoms with Gasteiger partial charge < -0.3 is 4.18 Å². The third-order valence-electron chi connectivity index (χ3n) is 2.73. The summed E-state index contributed by atoms with van der Waals surface area (Å²) >= 11 is 7.16. The molecule has 0 bridgehead atoms. The fourth-order valence-corrected chi connectivity index (χ4v) is 2.65. The van der Waals surface area contributed by atoms with Gasteiger partial charge in [0, 0.05) is 10.6 Å². The summed E-state index contributed by atoms with van der Waals surface area (Å²) in [5.41, 5.74) is 2.33. The number of benzene rings is 2. The van der Waals surface area contributed by atoms with Gasteiger partial charge in [-0.2, -0.15) is 0 Å². The molecule has 0 saturated carbocycles. The minimum atomic E-state index is 0.141. The maximum absolute atomic E-state index is 5.90. The molecule has 1 aliphatic rings. The summed E-state index contributed by atoms with van der Waals surface area (Å²) in [4.78, 5) is 0. The van der Waals surface area contributed by atoms with Gasteiger partial charge in [0.15, 0.2) is 0 Å². The average molecular weight is 264 g/mol. The molecule has 4 heteroatoms. The fourth-order valence-electron chi connectivity index (χ4n) is 1.88. The molecular weight excluding hydrogens is 254 g/mol. The van der Waals surface area contributed by atoms with E-state index >= 15 is 0 Å². The highest BCUT2D eigenvalue weighted by atomic mass is 35.5. The molecule has 17 heavy (non-hydrogen) atoms. The van der Waals surface area contributed by atoms with E-state index in [1.165, 1.54) is 17.8 Å². The summed E-state index contributed by atoms with van der Waals surface area (Å²) in [6.45, 7) is 0. The quantitative estimate of drug-likeness (QED) is 0.621. The Morgan fingerprint density at radius 1 is 1.06 bits per heavy atom. The number of nitrogens with one attached hydrogen (secondary N) is 1. The molecule has 2 aromatic carbocycles. The van der Waals surface area contributed by atoms with Crippen LogP contribution in [0.5, 0.6) is 5.75 Å². The number of fused-ring (bicyclic) bond motifs is 1. The Kier molecular flexibility index (Phi) is 2.97. The van der Waals surface area contributed by atoms with Crippen LogP contribution in [0.4, 0.5) is 0 Å². The summed E-state index contributed by atoms with van der Waals surface area (Å²) < 4.78 is 8.74. The molecule has 0 aromatic heterocycles. The summed E-state index contributed by atoms with van der Waals surface area (Å²) in [6, 6.07) is 16.1. The number of halogens is 1. The number of hydrogen-bond acceptors (Lipinski definition) is 3. The van der Waals surface area contributed by atoms with Crippen molar-refractivity contribution in [2.75, 3.05) is 0 Å². The van der Waals surface area contributed by atoms with Crippen molar-refractivity contribution < 1.29 is 4.18 Å². The summed E-state index contributed by atoms with van der Waals surface area (Å²) in [6.07, 6.45) is 0. The van der Waals surface area contributed by atoms with Gasteiger partial charge in [-0.15, -0.1) is 0 Å². The van der Waals surface area contributed by atoms with Crippen LogP contribution in [0.1, 0.15) is 17.2 Å². The second-order valence-corrected chi connectivity index (χ2v) is 4.81. The van der Waals surface area contributed by atoms with E-state index in [9.17, 15) is 0 Å². The van der Waals surface area contributed by atoms with E-state index < -0.39 is 0 Å². The standard InChI is InChI=1S/C13H10ClNOS/c14-10-7-5-9(6-8-10)13-11-3-1-2-4-12(11)16-17-15-13/h1-8,13,15H. The van der Waals surface area contributed by atoms with E-state index in [0.29, 0.717) is 0 Å². The molecule has 0 radical (unpaired) electrons. The third kappa shape index (κ3) is 2.14. The predicted molar refractivity (Wildman–Crippen MR) is 71.1 cm³/mol. The van der Waals surface area contributed by atoms with E-state index in [1.54, 1.807) is 0 Å². The number of rotatable bonds is 1. The van der Waals surface area contributed by atoms with Crippen molar-refractivity contribution in [1.29, 1.82) is 0 Å². The van der Waals surface area contributed by atoms with Gasteiger partial charge in [0.2, 0.25) is 0 Å². The minimum Gasteiger partial charge on any atom is -0.409 e. The lowest BCUT2D eigenvalue weighted by Crippen LogP contribution is -2.21. The van der Waals surface area contributed by atoms with Crippen LogP contribution in [0.25, 0.3) is 0 Å². The topological polar surface area (TPSA) is 21.3 Å². The fraction of sp³-hybridized carbons (Fsp3) is 0.0769. The van der Waals surface area contributed by atoms with Crippen LogP contribution in [-0.2, 0) is 0 Å². The van der Waals surface area contributed by atoms with Gasteiger partial charge in [-0.3, -0.25) is 0 Å². The Labute approximate surface area is 109 Å². The van der Waals surface area contributed by atoms with Crippen molar-refractivity contribution in [2.45, 2.75) is 6.04 Å². The maximum Gasteiger partial charge on any atom is 0.144 e. The van der Waals surface area contributed by atoms with Gasteiger partial charge in [0.25, 0.3) is 0 Å². The van der Waals surface area contributed by atoms with Gasteiger partial charge in [-0.05, 0) is 23.8 Å². The van der Waals surface area contributed by atoms with Crippen molar-refractivity contribution in [3.63, 3.8) is 0 Å². The summed E-state index contributed by atoms with van der Waals surface area (Å²) in [5, 5.41) is 0.752. The second-order valence-electron chi connectivity index (χ2n) is 3.81. The van der Waals surface area contributed by atoms with E-state index in [0.717, 1.165) is 16.3 Å². The lowest BCUT2D eigenvalue weighted by atomic mass is 9.99. The molecule has 1 heterocycles. The monoisotopic (exact) mass is 263 g/mol. The number of para-hydroxylation sites is 1. The highest BCUT2D eigenvalue weighted by Gasteiger charge is 2.22. The molecule has 1 aliphatic heterocycles. The first-order valence-electron chi connectivity index (χ1n) is 5.28. The molecule has 1 N–H and O–H groups in total. The van der Waals surface area contributed by atoms with Crippen LogP contribution in [0.15, 0.2) is 48.5 Å². The van der Waals surface area contributed by atoms with Gasteiger partial charge in [0.05, 0.1) is 6.04 Å². The summed E-state index contributed by atoms with van der Waals surface area (Å²) in [5.74, 6) is 0.913. The van der Waals surface area contributed by atoms with E-state index in [-0.39, 0.29) is 6.04 Å². The predicted octanol–water partition coefficient (Wildman–Crippen LogP) is 3.97. The molecule has 2 nitrogen and oxygen atoms in total. The summed E-state index contributed by atoms with van der Waals surface area (Å²) in [7, 11) is 0. The third-order valence-corrected chi connectivity index (χ3v) is 3.58. The van der Waals surface area contributed by atoms with Gasteiger partial charge >= 0.3 is 0 Å². The Morgan fingerprint density at radius 3 is 2.65 bits per heavy atom. The molecule has 0 saturated heterocycles. The molecule has 0 aliphatic carbocycles. The van der Waals surface area contributed by atoms with Gasteiger partial charge in [-0.1, -0.05) is 41.9 Å². The first kappa shape index (κ1) is 11.0. The lowest BCUT2D eigenvalue weighted by Gasteiger charge is -2.25. The largest absolute Gasteiger partial charge is 0.409 e. The van der Waals surface area contributed by atoms with Gasteiger partial charge in [0.1, 0.15) is 18.0 Å². The van der Waals surface area contributed by atoms with Crippen LogP contribution < -0.4 is 8.91 Å². The zero-order valence-corrected chi connectivity index (χ0v) is 10.5. The van der Waals surface area contributed by atoms with E-state index in [1.807, 2.05) is 42.5 Å². The Bertz CT molecular complexity index is 529. The molecule has 1 unspecified atom stereocenters. The van der Waals surface area contributed by atoms with Gasteiger partial charge in [-0.25, -0.2) is 4.72 Å². The number of hydrogen-bond donors (Lipinski definition) is 1. The molecule has 0 fully saturated rings. The molecule has 3 rings (SSSR count). The first-order valence-corrected chi connectivity index (χ1v) is 6.40. The van der Waals surface area contributed by atoms with Crippen LogP contribution in [0.3, 0.4) is 0 Å². The van der Waals surface area contributed by atoms with Crippen LogP contribution in [0, 0.1) is 0 Å². The molecule has 0 amide bonds. The minimum absolute atomic E-state index is 0.141. The molecule has 2 aromatic rings. The molecular formula is C13H10ClNOS. The molecule has 0 spiro atoms. The van der Waals surface area contributed by atoms with Crippen molar-refractivity contribution in [1.82, 2.24) is 4.72 Å². The highest BCUT2D eigenvalue weighted by molar-refractivity contribution is 7.93. The SMILES string of the molecule is Clc1ccc(C2NSOc3ccccc32)cc1. The average Bonchev–Trinajstić information content (AvgIpc) is 2.39. The normalized spacial score (nSPS) is 18.3. The first-order chi connectivity index (χ1) is 8.34. The van der Waals surface area contributed by atoms with Crippen molar-refractivity contribution in [3.05, 3.63) is 64.7 Å². The zero-order valence-electron chi connectivity index (χ0n) is 8.89. The van der Waals surface area contributed by atoms with Crippen molar-refractivity contribution in [3.8, 4) is 5.75 Å². The lowest BCUT2D eigenvalue weighted by molar-refractivity contribution is 0.575. The zero-order chi connectivity index (χ0) is 11.7. The Morgan fingerprint density at radius 2 is 1.82 bits per heavy atom. The van der Waals surface area contributed by atoms with Crippen LogP contribution in [-0.4, -0.2) is 0 Å². The Balaban J connectivity index is 2.03. The molecule has 86 valence electrons. The maximum atomic E-state index is 5.90. The van der Waals surface area contributed by atoms with Crippen LogP contribution >= 0.6 is 23.8 Å². The Hall–Kier alpha value is -1.16. The smallest absolute Gasteiger partial charge is 0.144 e. The van der Waals surface area contributed by atoms with Crippen LogP contribution in [0.2, 0.25) is 5.02 Å². The second kappa shape index (κ2) is 4.61. The van der Waals surface area contributed by atoms with E-state index in [2.05, 4.69) is 10.8 Å². The van der Waals surface area contributed by atoms with Crippen molar-refractivity contribution in [2.24, 2.45) is 0 Å². The van der Waals surface area contributed by atoms with Crippen molar-refractivity contribution >= 4 is 23.8 Å².